The molecule has 0 saturated carbocycles. The number of aliphatic carboxylic acids is 1. The highest BCUT2D eigenvalue weighted by molar-refractivity contribution is 5.72. The van der Waals surface area contributed by atoms with Crippen LogP contribution in [-0.4, -0.2) is 40.7 Å². The molecule has 2 aliphatic heterocycles. The molecule has 0 aromatic heterocycles. The van der Waals surface area contributed by atoms with E-state index in [2.05, 4.69) is 12.1 Å². The van der Waals surface area contributed by atoms with Crippen molar-refractivity contribution in [2.45, 2.75) is 44.2 Å². The van der Waals surface area contributed by atoms with Crippen LogP contribution in [0.25, 0.3) is 0 Å². The maximum atomic E-state index is 11.1. The van der Waals surface area contributed by atoms with Gasteiger partial charge in [-0.2, -0.15) is 0 Å². The second-order valence-electron chi connectivity index (χ2n) is 5.94. The van der Waals surface area contributed by atoms with Gasteiger partial charge in [-0.25, -0.2) is 0 Å². The summed E-state index contributed by atoms with van der Waals surface area (Å²) in [5.41, 5.74) is 1.21. The smallest absolute Gasteiger partial charge is 0.320 e. The Balaban J connectivity index is 1.68. The van der Waals surface area contributed by atoms with Crippen molar-refractivity contribution in [1.82, 2.24) is 4.90 Å². The Morgan fingerprint density at radius 2 is 2.00 bits per heavy atom. The van der Waals surface area contributed by atoms with Gasteiger partial charge in [0.25, 0.3) is 0 Å². The molecule has 20 heavy (non-hydrogen) atoms. The number of para-hydroxylation sites is 1. The average molecular weight is 275 g/mol. The van der Waals surface area contributed by atoms with Crippen molar-refractivity contribution < 1.29 is 14.6 Å². The van der Waals surface area contributed by atoms with Crippen molar-refractivity contribution in [1.29, 1.82) is 0 Å². The molecule has 0 radical (unpaired) electrons. The van der Waals surface area contributed by atoms with E-state index in [0.717, 1.165) is 44.5 Å². The fraction of sp³-hybridized carbons (Fsp3) is 0.562. The lowest BCUT2D eigenvalue weighted by Crippen LogP contribution is -2.53. The Morgan fingerprint density at radius 3 is 2.70 bits per heavy atom. The third-order valence-electron chi connectivity index (χ3n) is 4.76. The van der Waals surface area contributed by atoms with Crippen LogP contribution in [0.1, 0.15) is 31.7 Å². The molecule has 108 valence electrons. The van der Waals surface area contributed by atoms with E-state index in [-0.39, 0.29) is 5.60 Å². The lowest BCUT2D eigenvalue weighted by Gasteiger charge is -2.45. The summed E-state index contributed by atoms with van der Waals surface area (Å²) in [7, 11) is 0. The predicted molar refractivity (Wildman–Crippen MR) is 76.0 cm³/mol. The summed E-state index contributed by atoms with van der Waals surface area (Å²) in [6.07, 6.45) is 3.93. The van der Waals surface area contributed by atoms with Gasteiger partial charge in [0.1, 0.15) is 17.4 Å². The van der Waals surface area contributed by atoms with Crippen molar-refractivity contribution in [2.75, 3.05) is 13.1 Å². The van der Waals surface area contributed by atoms with Crippen LogP contribution in [0.5, 0.6) is 5.75 Å². The van der Waals surface area contributed by atoms with Crippen LogP contribution in [0.3, 0.4) is 0 Å². The summed E-state index contributed by atoms with van der Waals surface area (Å²) in [6.45, 7) is 3.36. The van der Waals surface area contributed by atoms with E-state index in [1.807, 2.05) is 17.0 Å². The molecule has 1 aromatic rings. The number of piperidine rings is 1. The first-order valence-corrected chi connectivity index (χ1v) is 7.33. The molecule has 1 N–H and O–H groups in total. The molecule has 4 nitrogen and oxygen atoms in total. The summed E-state index contributed by atoms with van der Waals surface area (Å²) in [5.74, 6) is 0.273. The largest absolute Gasteiger partial charge is 0.487 e. The van der Waals surface area contributed by atoms with Crippen LogP contribution < -0.4 is 4.74 Å². The standard InChI is InChI=1S/C16H21NO3/c1-12(15(18)19)17-10-8-16(9-11-17)7-6-13-4-2-3-5-14(13)20-16/h2-5,12H,6-11H2,1H3,(H,18,19). The fourth-order valence-electron chi connectivity index (χ4n) is 3.28. The maximum Gasteiger partial charge on any atom is 0.320 e. The topological polar surface area (TPSA) is 49.8 Å². The molecule has 0 aliphatic carbocycles. The minimum atomic E-state index is -0.740. The highest BCUT2D eigenvalue weighted by atomic mass is 16.5. The van der Waals surface area contributed by atoms with Gasteiger partial charge < -0.3 is 9.84 Å². The Morgan fingerprint density at radius 1 is 1.30 bits per heavy atom. The average Bonchev–Trinajstić information content (AvgIpc) is 2.47. The number of rotatable bonds is 2. The molecule has 2 aliphatic rings. The van der Waals surface area contributed by atoms with E-state index in [1.54, 1.807) is 6.92 Å². The quantitative estimate of drug-likeness (QED) is 0.900. The number of nitrogens with zero attached hydrogens (tertiary/aromatic N) is 1. The minimum absolute atomic E-state index is 0.0803. The van der Waals surface area contributed by atoms with Crippen LogP contribution in [0.4, 0.5) is 0 Å². The van der Waals surface area contributed by atoms with Crippen molar-refractivity contribution in [3.8, 4) is 5.75 Å². The van der Waals surface area contributed by atoms with E-state index in [4.69, 9.17) is 9.84 Å². The third-order valence-corrected chi connectivity index (χ3v) is 4.76. The molecule has 1 aromatic carbocycles. The molecule has 1 saturated heterocycles. The number of fused-ring (bicyclic) bond motifs is 1. The predicted octanol–water partition coefficient (Wildman–Crippen LogP) is 2.32. The number of aryl methyl sites for hydroxylation is 1. The van der Waals surface area contributed by atoms with E-state index in [9.17, 15) is 4.79 Å². The minimum Gasteiger partial charge on any atom is -0.487 e. The molecule has 1 atom stereocenters. The first-order chi connectivity index (χ1) is 9.60. The number of carbonyl (C=O) groups is 1. The van der Waals surface area contributed by atoms with E-state index in [0.29, 0.717) is 0 Å². The van der Waals surface area contributed by atoms with Crippen LogP contribution in [0, 0.1) is 0 Å². The van der Waals surface area contributed by atoms with Gasteiger partial charge in [0.15, 0.2) is 0 Å². The molecule has 0 bridgehead atoms. The van der Waals surface area contributed by atoms with Crippen LogP contribution in [0.2, 0.25) is 0 Å². The molecule has 1 spiro atoms. The van der Waals surface area contributed by atoms with Crippen molar-refractivity contribution in [3.63, 3.8) is 0 Å². The van der Waals surface area contributed by atoms with Gasteiger partial charge in [0.2, 0.25) is 0 Å². The van der Waals surface area contributed by atoms with E-state index < -0.39 is 12.0 Å². The number of carboxylic acid groups (broad SMARTS) is 1. The first-order valence-electron chi connectivity index (χ1n) is 7.33. The molecule has 4 heteroatoms. The van der Waals surface area contributed by atoms with Crippen molar-refractivity contribution in [2.24, 2.45) is 0 Å². The molecule has 3 rings (SSSR count). The lowest BCUT2D eigenvalue weighted by atomic mass is 9.83. The van der Waals surface area contributed by atoms with Gasteiger partial charge in [-0.1, -0.05) is 18.2 Å². The molecular formula is C16H21NO3. The Kier molecular flexibility index (Phi) is 3.42. The maximum absolute atomic E-state index is 11.1. The summed E-state index contributed by atoms with van der Waals surface area (Å²) < 4.78 is 6.27. The summed E-state index contributed by atoms with van der Waals surface area (Å²) >= 11 is 0. The fourth-order valence-corrected chi connectivity index (χ4v) is 3.28. The number of carboxylic acids is 1. The normalized spacial score (nSPS) is 22.9. The Labute approximate surface area is 119 Å². The van der Waals surface area contributed by atoms with E-state index in [1.165, 1.54) is 5.56 Å². The SMILES string of the molecule is CC(C(=O)O)N1CCC2(CCc3ccccc3O2)CC1. The zero-order valence-corrected chi connectivity index (χ0v) is 11.8. The molecule has 0 amide bonds. The number of hydrogen-bond donors (Lipinski definition) is 1. The van der Waals surface area contributed by atoms with Gasteiger partial charge in [-0.3, -0.25) is 9.69 Å². The van der Waals surface area contributed by atoms with Crippen LogP contribution in [0.15, 0.2) is 24.3 Å². The van der Waals surface area contributed by atoms with Gasteiger partial charge in [0, 0.05) is 13.1 Å². The Hall–Kier alpha value is -1.55. The molecule has 1 fully saturated rings. The molecular weight excluding hydrogens is 254 g/mol. The van der Waals surface area contributed by atoms with Gasteiger partial charge in [-0.15, -0.1) is 0 Å². The number of ether oxygens (including phenoxy) is 1. The number of likely N-dealkylation sites (tertiary alicyclic amines) is 1. The third kappa shape index (κ3) is 2.40. The monoisotopic (exact) mass is 275 g/mol. The summed E-state index contributed by atoms with van der Waals surface area (Å²) in [5, 5.41) is 9.09. The number of hydrogen-bond acceptors (Lipinski definition) is 3. The lowest BCUT2D eigenvalue weighted by molar-refractivity contribution is -0.144. The van der Waals surface area contributed by atoms with Gasteiger partial charge in [0.05, 0.1) is 0 Å². The second-order valence-corrected chi connectivity index (χ2v) is 5.94. The molecule has 2 heterocycles. The van der Waals surface area contributed by atoms with Gasteiger partial charge >= 0.3 is 5.97 Å². The van der Waals surface area contributed by atoms with E-state index >= 15 is 0 Å². The van der Waals surface area contributed by atoms with Crippen LogP contribution in [-0.2, 0) is 11.2 Å². The zero-order valence-electron chi connectivity index (χ0n) is 11.8. The summed E-state index contributed by atoms with van der Waals surface area (Å²) in [4.78, 5) is 13.1. The highest BCUT2D eigenvalue weighted by Gasteiger charge is 2.40. The first kappa shape index (κ1) is 13.4. The van der Waals surface area contributed by atoms with Crippen molar-refractivity contribution in [3.05, 3.63) is 29.8 Å². The summed E-state index contributed by atoms with van der Waals surface area (Å²) in [6, 6.07) is 7.84. The van der Waals surface area contributed by atoms with Gasteiger partial charge in [-0.05, 0) is 44.2 Å². The highest BCUT2D eigenvalue weighted by Crippen LogP contribution is 2.39. The number of benzene rings is 1. The zero-order chi connectivity index (χ0) is 14.2. The second kappa shape index (κ2) is 5.09. The van der Waals surface area contributed by atoms with Crippen LogP contribution >= 0.6 is 0 Å². The van der Waals surface area contributed by atoms with Crippen molar-refractivity contribution >= 4 is 5.97 Å². The Bertz CT molecular complexity index is 506. The molecule has 1 unspecified atom stereocenters.